The Hall–Kier alpha value is -2.53. The Kier molecular flexibility index (Phi) is 7.04. The topological polar surface area (TPSA) is 58.6 Å². The number of carbonyl (C=O) groups is 2. The predicted molar refractivity (Wildman–Crippen MR) is 102 cm³/mol. The van der Waals surface area contributed by atoms with Gasteiger partial charge < -0.3 is 15.0 Å². The van der Waals surface area contributed by atoms with E-state index in [9.17, 15) is 9.59 Å². The van der Waals surface area contributed by atoms with Crippen molar-refractivity contribution in [2.24, 2.45) is 0 Å². The summed E-state index contributed by atoms with van der Waals surface area (Å²) in [6.07, 6.45) is 0. The molecule has 0 aliphatic heterocycles. The van der Waals surface area contributed by atoms with Gasteiger partial charge in [0.2, 0.25) is 5.91 Å². The zero-order chi connectivity index (χ0) is 19.1. The van der Waals surface area contributed by atoms with Gasteiger partial charge in [-0.3, -0.25) is 9.59 Å². The fourth-order valence-electron chi connectivity index (χ4n) is 2.47. The highest BCUT2D eigenvalue weighted by molar-refractivity contribution is 6.30. The van der Waals surface area contributed by atoms with E-state index in [1.54, 1.807) is 38.2 Å². The third kappa shape index (κ3) is 5.49. The number of hydrogen-bond donors (Lipinski definition) is 1. The van der Waals surface area contributed by atoms with Gasteiger partial charge in [-0.1, -0.05) is 47.5 Å². The van der Waals surface area contributed by atoms with Gasteiger partial charge in [0.15, 0.2) is 6.61 Å². The van der Waals surface area contributed by atoms with Crippen LogP contribution >= 0.6 is 11.6 Å². The molecule has 0 fully saturated rings. The molecule has 1 unspecified atom stereocenters. The summed E-state index contributed by atoms with van der Waals surface area (Å²) in [5, 5.41) is 3.12. The lowest BCUT2D eigenvalue weighted by atomic mass is 10.1. The van der Waals surface area contributed by atoms with Crippen LogP contribution in [0.5, 0.6) is 5.75 Å². The number of aryl methyl sites for hydroxylation is 1. The van der Waals surface area contributed by atoms with Gasteiger partial charge >= 0.3 is 0 Å². The number of benzene rings is 2. The minimum Gasteiger partial charge on any atom is -0.484 e. The molecule has 0 spiro atoms. The van der Waals surface area contributed by atoms with Crippen molar-refractivity contribution in [3.8, 4) is 5.75 Å². The molecule has 0 radical (unpaired) electrons. The number of rotatable bonds is 7. The van der Waals surface area contributed by atoms with Crippen LogP contribution in [0.15, 0.2) is 48.5 Å². The summed E-state index contributed by atoms with van der Waals surface area (Å²) < 4.78 is 5.54. The molecule has 2 aromatic carbocycles. The Labute approximate surface area is 158 Å². The average Bonchev–Trinajstić information content (AvgIpc) is 2.64. The second kappa shape index (κ2) is 9.25. The quantitative estimate of drug-likeness (QED) is 0.809. The molecule has 0 heterocycles. The Balaban J connectivity index is 2.12. The van der Waals surface area contributed by atoms with Crippen LogP contribution in [0, 0.1) is 6.92 Å². The highest BCUT2D eigenvalue weighted by Crippen LogP contribution is 2.18. The largest absolute Gasteiger partial charge is 0.484 e. The van der Waals surface area contributed by atoms with Gasteiger partial charge in [-0.05, 0) is 37.6 Å². The first-order chi connectivity index (χ1) is 12.4. The molecule has 5 nitrogen and oxygen atoms in total. The fraction of sp³-hybridized carbons (Fsp3) is 0.300. The van der Waals surface area contributed by atoms with E-state index >= 15 is 0 Å². The lowest BCUT2D eigenvalue weighted by Crippen LogP contribution is -2.48. The van der Waals surface area contributed by atoms with Gasteiger partial charge in [0, 0.05) is 18.6 Å². The average molecular weight is 375 g/mol. The minimum atomic E-state index is -0.614. The van der Waals surface area contributed by atoms with Crippen molar-refractivity contribution < 1.29 is 14.3 Å². The summed E-state index contributed by atoms with van der Waals surface area (Å²) in [4.78, 5) is 26.3. The van der Waals surface area contributed by atoms with Crippen LogP contribution < -0.4 is 10.1 Å². The third-order valence-electron chi connectivity index (χ3n) is 4.05. The van der Waals surface area contributed by atoms with Crippen molar-refractivity contribution in [2.75, 3.05) is 13.7 Å². The molecule has 2 aromatic rings. The van der Waals surface area contributed by atoms with E-state index in [0.717, 1.165) is 11.1 Å². The number of ether oxygens (including phenoxy) is 1. The summed E-state index contributed by atoms with van der Waals surface area (Å²) in [5.74, 6) is 0.00333. The van der Waals surface area contributed by atoms with Crippen LogP contribution in [0.25, 0.3) is 0 Å². The van der Waals surface area contributed by atoms with Gasteiger partial charge in [-0.15, -0.1) is 0 Å². The molecule has 1 N–H and O–H groups in total. The molecule has 6 heteroatoms. The van der Waals surface area contributed by atoms with Crippen LogP contribution in [-0.2, 0) is 16.1 Å². The maximum atomic E-state index is 12.7. The van der Waals surface area contributed by atoms with Crippen LogP contribution in [0.4, 0.5) is 0 Å². The van der Waals surface area contributed by atoms with E-state index in [1.807, 2.05) is 31.2 Å². The molecule has 0 saturated heterocycles. The highest BCUT2D eigenvalue weighted by Gasteiger charge is 2.25. The van der Waals surface area contributed by atoms with E-state index in [-0.39, 0.29) is 18.4 Å². The Morgan fingerprint density at radius 1 is 1.19 bits per heavy atom. The van der Waals surface area contributed by atoms with Crippen LogP contribution in [0.3, 0.4) is 0 Å². The first kappa shape index (κ1) is 19.8. The van der Waals surface area contributed by atoms with Gasteiger partial charge in [0.05, 0.1) is 0 Å². The first-order valence-corrected chi connectivity index (χ1v) is 8.73. The maximum Gasteiger partial charge on any atom is 0.261 e. The van der Waals surface area contributed by atoms with Crippen molar-refractivity contribution >= 4 is 23.4 Å². The van der Waals surface area contributed by atoms with Crippen molar-refractivity contribution in [2.45, 2.75) is 26.4 Å². The SMILES string of the molecule is CNC(=O)C(C)N(Cc1ccc(C)cc1)C(=O)COc1cccc(Cl)c1. The van der Waals surface area contributed by atoms with Crippen LogP contribution in [-0.4, -0.2) is 36.4 Å². The third-order valence-corrected chi connectivity index (χ3v) is 4.28. The van der Waals surface area contributed by atoms with Gasteiger partial charge in [-0.2, -0.15) is 0 Å². The standard InChI is InChI=1S/C20H23ClN2O3/c1-14-7-9-16(10-8-14)12-23(15(2)20(25)22-3)19(24)13-26-18-6-4-5-17(21)11-18/h4-11,15H,12-13H2,1-3H3,(H,22,25). The Morgan fingerprint density at radius 2 is 1.88 bits per heavy atom. The molecule has 1 atom stereocenters. The Bertz CT molecular complexity index is 762. The lowest BCUT2D eigenvalue weighted by molar-refractivity contribution is -0.142. The van der Waals surface area contributed by atoms with Crippen molar-refractivity contribution in [3.63, 3.8) is 0 Å². The Morgan fingerprint density at radius 3 is 2.50 bits per heavy atom. The molecular formula is C20H23ClN2O3. The lowest BCUT2D eigenvalue weighted by Gasteiger charge is -2.28. The van der Waals surface area contributed by atoms with Gasteiger partial charge in [-0.25, -0.2) is 0 Å². The molecule has 2 amide bonds. The monoisotopic (exact) mass is 374 g/mol. The summed E-state index contributed by atoms with van der Waals surface area (Å²) in [7, 11) is 1.55. The number of hydrogen-bond acceptors (Lipinski definition) is 3. The maximum absolute atomic E-state index is 12.7. The number of amides is 2. The summed E-state index contributed by atoms with van der Waals surface area (Å²) in [6.45, 7) is 3.85. The number of carbonyl (C=O) groups excluding carboxylic acids is 2. The molecule has 0 bridgehead atoms. The first-order valence-electron chi connectivity index (χ1n) is 8.35. The summed E-state index contributed by atoms with van der Waals surface area (Å²) >= 11 is 5.93. The van der Waals surface area contributed by atoms with E-state index in [1.165, 1.54) is 4.90 Å². The fourth-order valence-corrected chi connectivity index (χ4v) is 2.65. The number of likely N-dealkylation sites (N-methyl/N-ethyl adjacent to an activating group) is 1. The second-order valence-corrected chi connectivity index (χ2v) is 6.48. The van der Waals surface area contributed by atoms with E-state index in [0.29, 0.717) is 17.3 Å². The zero-order valence-electron chi connectivity index (χ0n) is 15.2. The summed E-state index contributed by atoms with van der Waals surface area (Å²) in [5.41, 5.74) is 2.08. The van der Waals surface area contributed by atoms with E-state index < -0.39 is 6.04 Å². The van der Waals surface area contributed by atoms with E-state index in [2.05, 4.69) is 5.32 Å². The molecule has 0 saturated carbocycles. The van der Waals surface area contributed by atoms with Crippen LogP contribution in [0.1, 0.15) is 18.1 Å². The minimum absolute atomic E-state index is 0.173. The van der Waals surface area contributed by atoms with Crippen LogP contribution in [0.2, 0.25) is 5.02 Å². The van der Waals surface area contributed by atoms with E-state index in [4.69, 9.17) is 16.3 Å². The normalized spacial score (nSPS) is 11.5. The molecule has 0 aliphatic rings. The van der Waals surface area contributed by atoms with Gasteiger partial charge in [0.1, 0.15) is 11.8 Å². The van der Waals surface area contributed by atoms with Gasteiger partial charge in [0.25, 0.3) is 5.91 Å². The highest BCUT2D eigenvalue weighted by atomic mass is 35.5. The molecule has 2 rings (SSSR count). The molecular weight excluding hydrogens is 352 g/mol. The molecule has 0 aromatic heterocycles. The van der Waals surface area contributed by atoms with Crippen molar-refractivity contribution in [1.29, 1.82) is 0 Å². The van der Waals surface area contributed by atoms with Crippen molar-refractivity contribution in [1.82, 2.24) is 10.2 Å². The number of halogens is 1. The molecule has 26 heavy (non-hydrogen) atoms. The predicted octanol–water partition coefficient (Wildman–Crippen LogP) is 3.19. The molecule has 0 aliphatic carbocycles. The number of nitrogens with one attached hydrogen (secondary N) is 1. The smallest absolute Gasteiger partial charge is 0.261 e. The second-order valence-electron chi connectivity index (χ2n) is 6.04. The van der Waals surface area contributed by atoms with Crippen molar-refractivity contribution in [3.05, 3.63) is 64.7 Å². The number of nitrogens with zero attached hydrogens (tertiary/aromatic N) is 1. The zero-order valence-corrected chi connectivity index (χ0v) is 15.9. The summed E-state index contributed by atoms with van der Waals surface area (Å²) in [6, 6.07) is 14.1. The molecule has 138 valence electrons.